The molecule has 4 N–H and O–H groups in total. The van der Waals surface area contributed by atoms with Crippen LogP contribution in [0.2, 0.25) is 0 Å². The van der Waals surface area contributed by atoms with Gasteiger partial charge in [-0.2, -0.15) is 0 Å². The van der Waals surface area contributed by atoms with Crippen LogP contribution in [0.15, 0.2) is 53.9 Å². The summed E-state index contributed by atoms with van der Waals surface area (Å²) in [4.78, 5) is 50.9. The van der Waals surface area contributed by atoms with E-state index in [0.717, 1.165) is 47.6 Å². The van der Waals surface area contributed by atoms with Crippen molar-refractivity contribution in [3.63, 3.8) is 0 Å². The number of nitrogens with one attached hydrogen (secondary N) is 3. The van der Waals surface area contributed by atoms with Crippen LogP contribution in [0.25, 0.3) is 10.8 Å². The van der Waals surface area contributed by atoms with Crippen molar-refractivity contribution in [3.8, 4) is 0 Å². The third kappa shape index (κ3) is 7.71. The number of carbonyl (C=O) groups is 4. The molecule has 1 saturated heterocycles. The molecule has 1 aliphatic heterocycles. The number of aliphatic carboxylic acids is 1. The Morgan fingerprint density at radius 3 is 2.63 bits per heavy atom. The Bertz CT molecular complexity index is 1380. The van der Waals surface area contributed by atoms with Crippen LogP contribution in [-0.4, -0.2) is 47.4 Å². The van der Waals surface area contributed by atoms with E-state index in [9.17, 15) is 24.3 Å². The van der Waals surface area contributed by atoms with Crippen molar-refractivity contribution in [1.82, 2.24) is 16.0 Å². The van der Waals surface area contributed by atoms with E-state index in [-0.39, 0.29) is 30.3 Å². The first-order valence-electron chi connectivity index (χ1n) is 14.2. The highest BCUT2D eigenvalue weighted by atomic mass is 32.1. The number of anilines is 1. The molecule has 9 nitrogen and oxygen atoms in total. The molecule has 1 unspecified atom stereocenters. The zero-order valence-electron chi connectivity index (χ0n) is 23.5. The summed E-state index contributed by atoms with van der Waals surface area (Å²) in [5.41, 5.74) is 1.95. The van der Waals surface area contributed by atoms with Crippen molar-refractivity contribution in [3.05, 3.63) is 65.0 Å². The number of carbonyl (C=O) groups excluding carboxylic acids is 3. The molecule has 3 amide bonds. The van der Waals surface area contributed by atoms with Gasteiger partial charge in [0.15, 0.2) is 0 Å². The summed E-state index contributed by atoms with van der Waals surface area (Å²) in [5, 5.41) is 23.2. The third-order valence-electron chi connectivity index (χ3n) is 7.45. The van der Waals surface area contributed by atoms with E-state index in [2.05, 4.69) is 35.0 Å². The Kier molecular flexibility index (Phi) is 10.5. The maximum atomic E-state index is 13.2. The van der Waals surface area contributed by atoms with Crippen molar-refractivity contribution >= 4 is 50.8 Å². The summed E-state index contributed by atoms with van der Waals surface area (Å²) < 4.78 is 0. The number of nitrogens with zero attached hydrogens (tertiary/aromatic N) is 1. The van der Waals surface area contributed by atoms with Crippen LogP contribution in [0.4, 0.5) is 5.00 Å². The summed E-state index contributed by atoms with van der Waals surface area (Å²) in [7, 11) is 0. The first-order chi connectivity index (χ1) is 19.8. The summed E-state index contributed by atoms with van der Waals surface area (Å²) in [5.74, 6) is -1.67. The normalized spacial score (nSPS) is 16.2. The summed E-state index contributed by atoms with van der Waals surface area (Å²) in [6.07, 6.45) is 4.68. The highest BCUT2D eigenvalue weighted by molar-refractivity contribution is 7.14. The van der Waals surface area contributed by atoms with Gasteiger partial charge in [-0.3, -0.25) is 19.3 Å². The summed E-state index contributed by atoms with van der Waals surface area (Å²) >= 11 is 1.32. The standard InChI is InChI=1S/C31H38N4O5S/c1-3-4-5-11-25(34-30(38)26-13-14-27(36)33-26)22-16-21-9-6-7-10-24(21)23(17-22)18-32-19-28(37)35(20(2)31(39)40)29-12-8-15-41-29/h6-10,12,15-17,20,25-26,32H,3-5,11,13-14,18-19H2,1-2H3,(H,33,36)(H,34,38)(H,39,40)/t20-,25?,26-/m0/s1. The molecule has 3 aromatic rings. The molecule has 0 aliphatic carbocycles. The monoisotopic (exact) mass is 578 g/mol. The maximum absolute atomic E-state index is 13.2. The molecule has 3 atom stereocenters. The lowest BCUT2D eigenvalue weighted by Gasteiger charge is -2.25. The molecule has 1 fully saturated rings. The zero-order valence-corrected chi connectivity index (χ0v) is 24.3. The SMILES string of the molecule is CCCCCC(NC(=O)[C@@H]1CCC(=O)N1)c1cc(CNCC(=O)N(c2cccs2)[C@@H](C)C(=O)O)c2ccccc2c1. The summed E-state index contributed by atoms with van der Waals surface area (Å²) in [6, 6.07) is 14.0. The minimum absolute atomic E-state index is 0.0356. The first kappa shape index (κ1) is 30.2. The fourth-order valence-electron chi connectivity index (χ4n) is 5.20. The zero-order chi connectivity index (χ0) is 29.4. The second-order valence-electron chi connectivity index (χ2n) is 10.4. The molecule has 0 bridgehead atoms. The van der Waals surface area contributed by atoms with Gasteiger partial charge in [0.1, 0.15) is 12.1 Å². The smallest absolute Gasteiger partial charge is 0.326 e. The van der Waals surface area contributed by atoms with E-state index < -0.39 is 18.1 Å². The van der Waals surface area contributed by atoms with Gasteiger partial charge in [-0.25, -0.2) is 4.79 Å². The number of amides is 3. The van der Waals surface area contributed by atoms with Crippen LogP contribution in [0, 0.1) is 0 Å². The average molecular weight is 579 g/mol. The molecule has 4 rings (SSSR count). The predicted octanol–water partition coefficient (Wildman–Crippen LogP) is 4.51. The minimum Gasteiger partial charge on any atom is -0.480 e. The number of hydrogen-bond donors (Lipinski definition) is 4. The first-order valence-corrected chi connectivity index (χ1v) is 15.1. The quantitative estimate of drug-likeness (QED) is 0.208. The summed E-state index contributed by atoms with van der Waals surface area (Å²) in [6.45, 7) is 3.99. The number of benzene rings is 2. The molecule has 41 heavy (non-hydrogen) atoms. The van der Waals surface area contributed by atoms with E-state index in [1.807, 2.05) is 29.6 Å². The number of hydrogen-bond acceptors (Lipinski definition) is 6. The predicted molar refractivity (Wildman–Crippen MR) is 161 cm³/mol. The van der Waals surface area contributed by atoms with Crippen LogP contribution < -0.4 is 20.9 Å². The third-order valence-corrected chi connectivity index (χ3v) is 8.31. The van der Waals surface area contributed by atoms with Crippen LogP contribution in [0.1, 0.15) is 69.5 Å². The van der Waals surface area contributed by atoms with Gasteiger partial charge in [0, 0.05) is 13.0 Å². The number of carboxylic acids is 1. The number of carboxylic acid groups (broad SMARTS) is 1. The van der Waals surface area contributed by atoms with Gasteiger partial charge in [0.25, 0.3) is 0 Å². The number of unbranched alkanes of at least 4 members (excludes halogenated alkanes) is 2. The highest BCUT2D eigenvalue weighted by Crippen LogP contribution is 2.28. The Hall–Kier alpha value is -3.76. The lowest BCUT2D eigenvalue weighted by atomic mass is 9.94. The topological polar surface area (TPSA) is 128 Å². The number of fused-ring (bicyclic) bond motifs is 1. The highest BCUT2D eigenvalue weighted by Gasteiger charge is 2.30. The molecule has 2 heterocycles. The molecular formula is C31H38N4O5S. The van der Waals surface area contributed by atoms with E-state index in [0.29, 0.717) is 24.4 Å². The van der Waals surface area contributed by atoms with Crippen molar-refractivity contribution < 1.29 is 24.3 Å². The van der Waals surface area contributed by atoms with Gasteiger partial charge in [-0.05, 0) is 65.2 Å². The molecule has 0 saturated carbocycles. The molecule has 218 valence electrons. The fraction of sp³-hybridized carbons (Fsp3) is 0.419. The number of rotatable bonds is 14. The van der Waals surface area contributed by atoms with Gasteiger partial charge in [-0.15, -0.1) is 11.3 Å². The lowest BCUT2D eigenvalue weighted by Crippen LogP contribution is -2.46. The maximum Gasteiger partial charge on any atom is 0.326 e. The fourth-order valence-corrected chi connectivity index (χ4v) is 6.03. The molecule has 2 aromatic carbocycles. The number of thiophene rings is 1. The van der Waals surface area contributed by atoms with Crippen LogP contribution in [0.3, 0.4) is 0 Å². The van der Waals surface area contributed by atoms with E-state index in [4.69, 9.17) is 0 Å². The van der Waals surface area contributed by atoms with Gasteiger partial charge in [0.05, 0.1) is 17.6 Å². The Morgan fingerprint density at radius 2 is 1.95 bits per heavy atom. The van der Waals surface area contributed by atoms with E-state index in [1.165, 1.54) is 23.2 Å². The Balaban J connectivity index is 1.54. The molecular weight excluding hydrogens is 540 g/mol. The Labute approximate surface area is 244 Å². The molecule has 0 radical (unpaired) electrons. The largest absolute Gasteiger partial charge is 0.480 e. The lowest BCUT2D eigenvalue weighted by molar-refractivity contribution is -0.139. The Morgan fingerprint density at radius 1 is 1.15 bits per heavy atom. The van der Waals surface area contributed by atoms with Crippen LogP contribution >= 0.6 is 11.3 Å². The molecule has 0 spiro atoms. The van der Waals surface area contributed by atoms with Crippen molar-refractivity contribution in [1.29, 1.82) is 0 Å². The second-order valence-corrected chi connectivity index (χ2v) is 11.4. The molecule has 1 aliphatic rings. The van der Waals surface area contributed by atoms with Crippen LogP contribution in [-0.2, 0) is 25.7 Å². The van der Waals surface area contributed by atoms with Crippen molar-refractivity contribution in [2.45, 2.75) is 77.0 Å². The average Bonchev–Trinajstić information content (AvgIpc) is 3.65. The van der Waals surface area contributed by atoms with Gasteiger partial charge >= 0.3 is 5.97 Å². The van der Waals surface area contributed by atoms with E-state index in [1.54, 1.807) is 12.1 Å². The van der Waals surface area contributed by atoms with Crippen molar-refractivity contribution in [2.24, 2.45) is 0 Å². The molecule has 10 heteroatoms. The molecule has 1 aromatic heterocycles. The van der Waals surface area contributed by atoms with Gasteiger partial charge in [0.2, 0.25) is 17.7 Å². The van der Waals surface area contributed by atoms with Gasteiger partial charge in [-0.1, -0.05) is 56.5 Å². The van der Waals surface area contributed by atoms with Crippen molar-refractivity contribution in [2.75, 3.05) is 11.4 Å². The minimum atomic E-state index is -1.07. The van der Waals surface area contributed by atoms with E-state index >= 15 is 0 Å². The van der Waals surface area contributed by atoms with Gasteiger partial charge < -0.3 is 21.1 Å². The second kappa shape index (κ2) is 14.2. The van der Waals surface area contributed by atoms with Crippen LogP contribution in [0.5, 0.6) is 0 Å².